The molecule has 0 amide bonds. The maximum atomic E-state index is 13.5. The van der Waals surface area contributed by atoms with Crippen LogP contribution in [0, 0.1) is 5.82 Å². The van der Waals surface area contributed by atoms with Gasteiger partial charge in [0.05, 0.1) is 11.9 Å². The van der Waals surface area contributed by atoms with Crippen LogP contribution >= 0.6 is 0 Å². The Bertz CT molecular complexity index is 563. The molecular weight excluding hydrogens is 252 g/mol. The molecule has 0 aliphatic carbocycles. The van der Waals surface area contributed by atoms with Crippen molar-refractivity contribution in [2.45, 2.75) is 19.8 Å². The van der Waals surface area contributed by atoms with E-state index < -0.39 is 12.5 Å². The highest BCUT2D eigenvalue weighted by Gasteiger charge is 2.06. The number of aromatic nitrogens is 2. The molecule has 2 N–H and O–H groups in total. The minimum Gasteiger partial charge on any atom is -0.486 e. The number of nitrogens with zero attached hydrogens (tertiary/aromatic N) is 2. The lowest BCUT2D eigenvalue weighted by Gasteiger charge is -2.08. The van der Waals surface area contributed by atoms with Gasteiger partial charge in [0.25, 0.3) is 0 Å². The summed E-state index contributed by atoms with van der Waals surface area (Å²) in [4.78, 5) is 7.68. The van der Waals surface area contributed by atoms with E-state index in [2.05, 4.69) is 9.97 Å². The van der Waals surface area contributed by atoms with Crippen molar-refractivity contribution in [1.82, 2.24) is 9.97 Å². The molecule has 0 aromatic carbocycles. The van der Waals surface area contributed by atoms with Gasteiger partial charge in [0.1, 0.15) is 13.3 Å². The molecule has 4 nitrogen and oxygen atoms in total. The van der Waals surface area contributed by atoms with Gasteiger partial charge in [-0.05, 0) is 6.07 Å². The van der Waals surface area contributed by atoms with E-state index in [-0.39, 0.29) is 18.9 Å². The van der Waals surface area contributed by atoms with Gasteiger partial charge < -0.3 is 10.5 Å². The molecule has 0 spiro atoms. The molecule has 0 fully saturated rings. The Morgan fingerprint density at radius 2 is 1.95 bits per heavy atom. The Kier molecular flexibility index (Phi) is 4.35. The molecule has 0 aliphatic heterocycles. The predicted octanol–water partition coefficient (Wildman–Crippen LogP) is 2.12. The Morgan fingerprint density at radius 3 is 2.68 bits per heavy atom. The SMILES string of the molecule is NCc1cc(OCc2cncc(CF)c2)c(F)cn1. The molecule has 0 aliphatic rings. The summed E-state index contributed by atoms with van der Waals surface area (Å²) in [7, 11) is 0. The average Bonchev–Trinajstić information content (AvgIpc) is 2.46. The van der Waals surface area contributed by atoms with Crippen LogP contribution in [-0.2, 0) is 19.8 Å². The van der Waals surface area contributed by atoms with Crippen LogP contribution < -0.4 is 10.5 Å². The van der Waals surface area contributed by atoms with Crippen molar-refractivity contribution in [1.29, 1.82) is 0 Å². The number of alkyl halides is 1. The lowest BCUT2D eigenvalue weighted by molar-refractivity contribution is 0.288. The van der Waals surface area contributed by atoms with E-state index in [9.17, 15) is 8.78 Å². The maximum absolute atomic E-state index is 13.5. The van der Waals surface area contributed by atoms with Gasteiger partial charge >= 0.3 is 0 Å². The standard InChI is InChI=1S/C13H13F2N3O/c14-3-9-1-10(6-17-5-9)8-19-13-2-11(4-16)18-7-12(13)15/h1-2,5-7H,3-4,8,16H2. The van der Waals surface area contributed by atoms with Crippen LogP contribution in [0.15, 0.2) is 30.7 Å². The van der Waals surface area contributed by atoms with Gasteiger partial charge in [-0.3, -0.25) is 9.97 Å². The van der Waals surface area contributed by atoms with Gasteiger partial charge in [0.2, 0.25) is 0 Å². The second kappa shape index (κ2) is 6.19. The molecule has 100 valence electrons. The van der Waals surface area contributed by atoms with Gasteiger partial charge in [0, 0.05) is 36.1 Å². The van der Waals surface area contributed by atoms with E-state index in [1.54, 1.807) is 12.3 Å². The lowest BCUT2D eigenvalue weighted by Crippen LogP contribution is -2.03. The molecule has 0 unspecified atom stereocenters. The van der Waals surface area contributed by atoms with Crippen molar-refractivity contribution in [2.24, 2.45) is 5.73 Å². The molecule has 2 rings (SSSR count). The quantitative estimate of drug-likeness (QED) is 0.899. The second-order valence-electron chi connectivity index (χ2n) is 3.93. The number of ether oxygens (including phenoxy) is 1. The topological polar surface area (TPSA) is 61.0 Å². The van der Waals surface area contributed by atoms with Crippen LogP contribution in [0.3, 0.4) is 0 Å². The highest BCUT2D eigenvalue weighted by Crippen LogP contribution is 2.18. The zero-order chi connectivity index (χ0) is 13.7. The summed E-state index contributed by atoms with van der Waals surface area (Å²) in [5, 5.41) is 0. The Hall–Kier alpha value is -2.08. The van der Waals surface area contributed by atoms with E-state index >= 15 is 0 Å². The zero-order valence-electron chi connectivity index (χ0n) is 10.1. The number of hydrogen-bond acceptors (Lipinski definition) is 4. The monoisotopic (exact) mass is 265 g/mol. The third kappa shape index (κ3) is 3.45. The third-order valence-electron chi connectivity index (χ3n) is 2.49. The summed E-state index contributed by atoms with van der Waals surface area (Å²) in [5.74, 6) is -0.493. The van der Waals surface area contributed by atoms with Crippen LogP contribution in [0.4, 0.5) is 8.78 Å². The summed E-state index contributed by atoms with van der Waals surface area (Å²) in [6.07, 6.45) is 4.04. The van der Waals surface area contributed by atoms with Gasteiger partial charge in [0.15, 0.2) is 11.6 Å². The minimum absolute atomic E-state index is 0.0705. The van der Waals surface area contributed by atoms with Crippen molar-refractivity contribution < 1.29 is 13.5 Å². The third-order valence-corrected chi connectivity index (χ3v) is 2.49. The molecule has 2 aromatic rings. The molecule has 0 atom stereocenters. The largest absolute Gasteiger partial charge is 0.486 e. The van der Waals surface area contributed by atoms with E-state index in [1.165, 1.54) is 12.3 Å². The van der Waals surface area contributed by atoms with E-state index in [1.807, 2.05) is 0 Å². The summed E-state index contributed by atoms with van der Waals surface area (Å²) < 4.78 is 31.3. The molecule has 0 radical (unpaired) electrons. The zero-order valence-corrected chi connectivity index (χ0v) is 10.1. The first-order valence-electron chi connectivity index (χ1n) is 5.69. The Labute approximate surface area is 109 Å². The first-order valence-corrected chi connectivity index (χ1v) is 5.69. The minimum atomic E-state index is -0.595. The summed E-state index contributed by atoms with van der Waals surface area (Å²) in [6.45, 7) is -0.289. The normalized spacial score (nSPS) is 10.5. The second-order valence-corrected chi connectivity index (χ2v) is 3.93. The van der Waals surface area contributed by atoms with Crippen LogP contribution in [0.5, 0.6) is 5.75 Å². The highest BCUT2D eigenvalue weighted by molar-refractivity contribution is 5.25. The fourth-order valence-corrected chi connectivity index (χ4v) is 1.54. The predicted molar refractivity (Wildman–Crippen MR) is 65.5 cm³/mol. The summed E-state index contributed by atoms with van der Waals surface area (Å²) in [5.41, 5.74) is 7.08. The first kappa shape index (κ1) is 13.4. The number of halogens is 2. The van der Waals surface area contributed by atoms with Crippen molar-refractivity contribution in [3.8, 4) is 5.75 Å². The number of nitrogens with two attached hydrogens (primary N) is 1. The highest BCUT2D eigenvalue weighted by atomic mass is 19.1. The van der Waals surface area contributed by atoms with Crippen molar-refractivity contribution in [3.05, 3.63) is 53.4 Å². The molecule has 19 heavy (non-hydrogen) atoms. The van der Waals surface area contributed by atoms with Gasteiger partial charge in [-0.15, -0.1) is 0 Å². The van der Waals surface area contributed by atoms with Crippen LogP contribution in [0.2, 0.25) is 0 Å². The van der Waals surface area contributed by atoms with Crippen LogP contribution in [-0.4, -0.2) is 9.97 Å². The van der Waals surface area contributed by atoms with Crippen molar-refractivity contribution >= 4 is 0 Å². The number of rotatable bonds is 5. The molecule has 6 heteroatoms. The fraction of sp³-hybridized carbons (Fsp3) is 0.231. The maximum Gasteiger partial charge on any atom is 0.183 e. The van der Waals surface area contributed by atoms with Crippen molar-refractivity contribution in [3.63, 3.8) is 0 Å². The van der Waals surface area contributed by atoms with E-state index in [0.717, 1.165) is 6.20 Å². The van der Waals surface area contributed by atoms with Gasteiger partial charge in [-0.2, -0.15) is 0 Å². The van der Waals surface area contributed by atoms with Gasteiger partial charge in [-0.25, -0.2) is 8.78 Å². The first-order chi connectivity index (χ1) is 9.22. The molecule has 0 saturated carbocycles. The van der Waals surface area contributed by atoms with Crippen LogP contribution in [0.1, 0.15) is 16.8 Å². The van der Waals surface area contributed by atoms with E-state index in [0.29, 0.717) is 16.8 Å². The van der Waals surface area contributed by atoms with E-state index in [4.69, 9.17) is 10.5 Å². The summed E-state index contributed by atoms with van der Waals surface area (Å²) >= 11 is 0. The smallest absolute Gasteiger partial charge is 0.183 e. The fourth-order valence-electron chi connectivity index (χ4n) is 1.54. The number of pyridine rings is 2. The Morgan fingerprint density at radius 1 is 1.16 bits per heavy atom. The molecule has 0 saturated heterocycles. The van der Waals surface area contributed by atoms with Crippen LogP contribution in [0.25, 0.3) is 0 Å². The molecular formula is C13H13F2N3O. The van der Waals surface area contributed by atoms with Crippen molar-refractivity contribution in [2.75, 3.05) is 0 Å². The Balaban J connectivity index is 2.09. The average molecular weight is 265 g/mol. The lowest BCUT2D eigenvalue weighted by atomic mass is 10.2. The van der Waals surface area contributed by atoms with Gasteiger partial charge in [-0.1, -0.05) is 0 Å². The number of hydrogen-bond donors (Lipinski definition) is 1. The molecule has 2 aromatic heterocycles. The summed E-state index contributed by atoms with van der Waals surface area (Å²) in [6, 6.07) is 3.07. The molecule has 0 bridgehead atoms. The molecule has 2 heterocycles.